The van der Waals surface area contributed by atoms with E-state index in [-0.39, 0.29) is 11.5 Å². The summed E-state index contributed by atoms with van der Waals surface area (Å²) in [6.07, 6.45) is -0.0820. The highest BCUT2D eigenvalue weighted by Gasteiger charge is 2.31. The highest BCUT2D eigenvalue weighted by atomic mass is 35.5. The summed E-state index contributed by atoms with van der Waals surface area (Å²) in [5.74, 6) is -0.569. The number of rotatable bonds is 7. The zero-order valence-electron chi connectivity index (χ0n) is 17.0. The second kappa shape index (κ2) is 10.7. The number of hydrogen-bond acceptors (Lipinski definition) is 2. The van der Waals surface area contributed by atoms with Crippen molar-refractivity contribution in [2.24, 2.45) is 0 Å². The van der Waals surface area contributed by atoms with Crippen LogP contribution in [-0.2, 0) is 6.18 Å². The van der Waals surface area contributed by atoms with Crippen molar-refractivity contribution in [3.8, 4) is 0 Å². The van der Waals surface area contributed by atoms with Crippen molar-refractivity contribution in [1.82, 2.24) is 10.2 Å². The first kappa shape index (κ1) is 23.9. The summed E-state index contributed by atoms with van der Waals surface area (Å²) >= 11 is 12.2. The minimum atomic E-state index is -4.49. The van der Waals surface area contributed by atoms with Gasteiger partial charge in [0, 0.05) is 18.0 Å². The van der Waals surface area contributed by atoms with Crippen molar-refractivity contribution in [2.45, 2.75) is 37.8 Å². The van der Waals surface area contributed by atoms with Crippen molar-refractivity contribution < 1.29 is 18.0 Å². The summed E-state index contributed by atoms with van der Waals surface area (Å²) in [5, 5.41) is 3.69. The molecule has 0 aliphatic carbocycles. The number of carbonyl (C=O) groups is 1. The Hall–Kier alpha value is -1.76. The Morgan fingerprint density at radius 3 is 2.45 bits per heavy atom. The second-order valence-corrected chi connectivity index (χ2v) is 8.66. The first-order valence-electron chi connectivity index (χ1n) is 10.4. The molecule has 0 bridgehead atoms. The van der Waals surface area contributed by atoms with Crippen LogP contribution in [-0.4, -0.2) is 37.0 Å². The highest BCUT2D eigenvalue weighted by molar-refractivity contribution is 6.42. The van der Waals surface area contributed by atoms with Crippen LogP contribution in [0.15, 0.2) is 42.5 Å². The van der Waals surface area contributed by atoms with Crippen molar-refractivity contribution in [1.29, 1.82) is 0 Å². The standard InChI is InChI=1S/C23H25Cl2F3N2O/c24-20-8-7-16(14-21(20)25)18(9-12-30-10-2-1-3-11-30)15-29-22(31)17-5-4-6-19(13-17)23(26,27)28/h4-8,13-14,18H,1-3,9-12,15H2,(H,29,31). The Labute approximate surface area is 190 Å². The molecule has 1 amide bonds. The van der Waals surface area contributed by atoms with E-state index < -0.39 is 17.6 Å². The Morgan fingerprint density at radius 1 is 1.03 bits per heavy atom. The summed E-state index contributed by atoms with van der Waals surface area (Å²) in [5.41, 5.74) is 0.0841. The Bertz CT molecular complexity index is 899. The van der Waals surface area contributed by atoms with Crippen LogP contribution in [0.1, 0.15) is 53.1 Å². The van der Waals surface area contributed by atoms with Crippen LogP contribution in [0.2, 0.25) is 10.0 Å². The molecule has 0 spiro atoms. The van der Waals surface area contributed by atoms with E-state index in [1.54, 1.807) is 12.1 Å². The molecule has 1 saturated heterocycles. The van der Waals surface area contributed by atoms with Crippen molar-refractivity contribution >= 4 is 29.1 Å². The number of likely N-dealkylation sites (tertiary alicyclic amines) is 1. The van der Waals surface area contributed by atoms with Gasteiger partial charge in [0.2, 0.25) is 0 Å². The Kier molecular flexibility index (Phi) is 8.25. The summed E-state index contributed by atoms with van der Waals surface area (Å²) in [4.78, 5) is 15.0. The highest BCUT2D eigenvalue weighted by Crippen LogP contribution is 2.30. The van der Waals surface area contributed by atoms with Crippen molar-refractivity contribution in [3.05, 3.63) is 69.2 Å². The maximum atomic E-state index is 13.0. The van der Waals surface area contributed by atoms with E-state index in [2.05, 4.69) is 10.2 Å². The van der Waals surface area contributed by atoms with Gasteiger partial charge in [0.25, 0.3) is 5.91 Å². The molecule has 2 aromatic rings. The normalized spacial score (nSPS) is 16.2. The molecule has 1 heterocycles. The van der Waals surface area contributed by atoms with Gasteiger partial charge in [0.15, 0.2) is 0 Å². The molecule has 2 aromatic carbocycles. The van der Waals surface area contributed by atoms with Crippen LogP contribution < -0.4 is 5.32 Å². The van der Waals surface area contributed by atoms with Gasteiger partial charge in [-0.3, -0.25) is 4.79 Å². The maximum Gasteiger partial charge on any atom is 0.416 e. The second-order valence-electron chi connectivity index (χ2n) is 7.85. The SMILES string of the molecule is O=C(NCC(CCN1CCCCC1)c1ccc(Cl)c(Cl)c1)c1cccc(C(F)(F)F)c1. The van der Waals surface area contributed by atoms with E-state index in [1.165, 1.54) is 31.4 Å². The molecule has 0 radical (unpaired) electrons. The number of carbonyl (C=O) groups excluding carboxylic acids is 1. The average molecular weight is 473 g/mol. The number of nitrogens with zero attached hydrogens (tertiary/aromatic N) is 1. The van der Waals surface area contributed by atoms with Crippen LogP contribution in [0.3, 0.4) is 0 Å². The molecule has 1 unspecified atom stereocenters. The zero-order chi connectivity index (χ0) is 22.4. The lowest BCUT2D eigenvalue weighted by molar-refractivity contribution is -0.137. The van der Waals surface area contributed by atoms with E-state index in [0.29, 0.717) is 16.6 Å². The summed E-state index contributed by atoms with van der Waals surface area (Å²) < 4.78 is 38.9. The number of amides is 1. The molecular weight excluding hydrogens is 448 g/mol. The van der Waals surface area contributed by atoms with Gasteiger partial charge in [-0.15, -0.1) is 0 Å². The minimum absolute atomic E-state index is 0.0151. The smallest absolute Gasteiger partial charge is 0.351 e. The fraction of sp³-hybridized carbons (Fsp3) is 0.435. The summed E-state index contributed by atoms with van der Waals surface area (Å²) in [6, 6.07) is 9.84. The van der Waals surface area contributed by atoms with Crippen LogP contribution in [0.4, 0.5) is 13.2 Å². The van der Waals surface area contributed by atoms with Crippen LogP contribution >= 0.6 is 23.2 Å². The van der Waals surface area contributed by atoms with Gasteiger partial charge in [-0.1, -0.05) is 41.8 Å². The van der Waals surface area contributed by atoms with Crippen LogP contribution in [0.5, 0.6) is 0 Å². The molecule has 1 aliphatic heterocycles. The first-order chi connectivity index (χ1) is 14.7. The molecule has 3 nitrogen and oxygen atoms in total. The maximum absolute atomic E-state index is 13.0. The molecule has 1 fully saturated rings. The predicted molar refractivity (Wildman–Crippen MR) is 118 cm³/mol. The number of halogens is 5. The van der Waals surface area contributed by atoms with E-state index in [4.69, 9.17) is 23.2 Å². The molecule has 8 heteroatoms. The van der Waals surface area contributed by atoms with Gasteiger partial charge in [0.1, 0.15) is 0 Å². The number of benzene rings is 2. The molecule has 168 valence electrons. The van der Waals surface area contributed by atoms with Crippen molar-refractivity contribution in [2.75, 3.05) is 26.2 Å². The molecule has 1 aliphatic rings. The van der Waals surface area contributed by atoms with E-state index in [1.807, 2.05) is 6.07 Å². The lowest BCUT2D eigenvalue weighted by atomic mass is 9.94. The van der Waals surface area contributed by atoms with Crippen LogP contribution in [0.25, 0.3) is 0 Å². The first-order valence-corrected chi connectivity index (χ1v) is 11.1. The summed E-state index contributed by atoms with van der Waals surface area (Å²) in [7, 11) is 0. The van der Waals surface area contributed by atoms with Gasteiger partial charge in [-0.05, 0) is 74.8 Å². The molecular formula is C23H25Cl2F3N2O. The number of piperidine rings is 1. The lowest BCUT2D eigenvalue weighted by Gasteiger charge is -2.28. The largest absolute Gasteiger partial charge is 0.416 e. The van der Waals surface area contributed by atoms with Gasteiger partial charge >= 0.3 is 6.18 Å². The molecule has 31 heavy (non-hydrogen) atoms. The number of alkyl halides is 3. The lowest BCUT2D eigenvalue weighted by Crippen LogP contribution is -2.34. The Balaban J connectivity index is 1.70. The molecule has 0 saturated carbocycles. The van der Waals surface area contributed by atoms with Gasteiger partial charge in [-0.25, -0.2) is 0 Å². The number of hydrogen-bond donors (Lipinski definition) is 1. The monoisotopic (exact) mass is 472 g/mol. The zero-order valence-corrected chi connectivity index (χ0v) is 18.5. The average Bonchev–Trinajstić information content (AvgIpc) is 2.76. The third-order valence-electron chi connectivity index (χ3n) is 5.62. The third kappa shape index (κ3) is 6.86. The van der Waals surface area contributed by atoms with Gasteiger partial charge < -0.3 is 10.2 Å². The van der Waals surface area contributed by atoms with E-state index in [0.717, 1.165) is 43.8 Å². The third-order valence-corrected chi connectivity index (χ3v) is 6.36. The molecule has 0 aromatic heterocycles. The topological polar surface area (TPSA) is 32.3 Å². The van der Waals surface area contributed by atoms with Crippen LogP contribution in [0, 0.1) is 0 Å². The van der Waals surface area contributed by atoms with E-state index >= 15 is 0 Å². The Morgan fingerprint density at radius 2 is 1.77 bits per heavy atom. The number of nitrogens with one attached hydrogen (secondary N) is 1. The van der Waals surface area contributed by atoms with Gasteiger partial charge in [-0.2, -0.15) is 13.2 Å². The molecule has 1 atom stereocenters. The van der Waals surface area contributed by atoms with E-state index in [9.17, 15) is 18.0 Å². The fourth-order valence-corrected chi connectivity index (χ4v) is 4.14. The minimum Gasteiger partial charge on any atom is -0.351 e. The predicted octanol–water partition coefficient (Wildman–Crippen LogP) is 6.40. The molecule has 3 rings (SSSR count). The quantitative estimate of drug-likeness (QED) is 0.505. The van der Waals surface area contributed by atoms with Crippen molar-refractivity contribution in [3.63, 3.8) is 0 Å². The molecule has 1 N–H and O–H groups in total. The fourth-order valence-electron chi connectivity index (χ4n) is 3.83. The van der Waals surface area contributed by atoms with Gasteiger partial charge in [0.05, 0.1) is 15.6 Å². The summed E-state index contributed by atoms with van der Waals surface area (Å²) in [6.45, 7) is 3.29.